The molecule has 144 valence electrons. The molecule has 1 fully saturated rings. The monoisotopic (exact) mass is 687 g/mol. The molecule has 0 aromatic carbocycles. The van der Waals surface area contributed by atoms with Crippen molar-refractivity contribution in [2.45, 2.75) is 33.6 Å². The summed E-state index contributed by atoms with van der Waals surface area (Å²) in [5.41, 5.74) is 0. The van der Waals surface area contributed by atoms with Crippen molar-refractivity contribution < 1.29 is 52.1 Å². The van der Waals surface area contributed by atoms with E-state index < -0.39 is 29.8 Å². The van der Waals surface area contributed by atoms with Crippen molar-refractivity contribution in [1.82, 2.24) is 0 Å². The fourth-order valence-electron chi connectivity index (χ4n) is 1.13. The van der Waals surface area contributed by atoms with E-state index in [1.54, 1.807) is 13.8 Å². The van der Waals surface area contributed by atoms with Crippen LogP contribution in [0.4, 0.5) is 0 Å². The molecule has 1 rings (SSSR count). The van der Waals surface area contributed by atoms with Crippen LogP contribution >= 0.6 is 37.2 Å². The fraction of sp³-hybridized carbons (Fsp3) is 0.692. The summed E-state index contributed by atoms with van der Waals surface area (Å²) in [5, 5.41) is 15.8. The van der Waals surface area contributed by atoms with Crippen molar-refractivity contribution in [3.8, 4) is 0 Å². The average molecular weight is 687 g/mol. The van der Waals surface area contributed by atoms with E-state index in [4.69, 9.17) is 10.2 Å². The van der Waals surface area contributed by atoms with Crippen LogP contribution in [0.5, 0.6) is 0 Å². The van der Waals surface area contributed by atoms with Crippen LogP contribution in [-0.2, 0) is 28.7 Å². The van der Waals surface area contributed by atoms with Gasteiger partial charge in [0.25, 0.3) is 0 Å². The molecule has 0 aromatic rings. The maximum atomic E-state index is 10.6. The van der Waals surface area contributed by atoms with Gasteiger partial charge in [0.1, 0.15) is 0 Å². The minimum atomic E-state index is -0.988. The third kappa shape index (κ3) is 20.3. The molecule has 2 N–H and O–H groups in total. The molecular formula is C13H22I3O8-. The Kier molecular flexibility index (Phi) is 23.6. The first-order valence-electron chi connectivity index (χ1n) is 6.63. The van der Waals surface area contributed by atoms with Gasteiger partial charge in [-0.3, -0.25) is 19.2 Å². The molecule has 0 radical (unpaired) electrons. The van der Waals surface area contributed by atoms with Crippen LogP contribution in [0.3, 0.4) is 0 Å². The number of carbonyl (C=O) groups excluding carboxylic acids is 3. The quantitative estimate of drug-likeness (QED) is 0.223. The molecule has 1 aliphatic rings. The number of cyclic esters (lactones) is 2. The van der Waals surface area contributed by atoms with Crippen molar-refractivity contribution in [2.24, 2.45) is 11.8 Å². The van der Waals surface area contributed by atoms with Crippen molar-refractivity contribution in [3.63, 3.8) is 0 Å². The van der Waals surface area contributed by atoms with Gasteiger partial charge in [-0.25, -0.2) is 0 Å². The molecule has 11 heteroatoms. The van der Waals surface area contributed by atoms with Gasteiger partial charge >= 0.3 is 74.4 Å². The van der Waals surface area contributed by atoms with Crippen LogP contribution in [0.2, 0.25) is 0 Å². The first-order valence-corrected chi connectivity index (χ1v) is 19.2. The van der Waals surface area contributed by atoms with Gasteiger partial charge in [0.2, 0.25) is 0 Å². The fourth-order valence-corrected chi connectivity index (χ4v) is 1.13. The second-order valence-corrected chi connectivity index (χ2v) is 20.5. The van der Waals surface area contributed by atoms with Crippen LogP contribution in [0.1, 0.15) is 33.6 Å². The average Bonchev–Trinajstić information content (AvgIpc) is 2.76. The van der Waals surface area contributed by atoms with Gasteiger partial charge in [-0.15, -0.1) is 0 Å². The van der Waals surface area contributed by atoms with Gasteiger partial charge in [-0.2, -0.15) is 0 Å². The Morgan fingerprint density at radius 3 is 2.00 bits per heavy atom. The van der Waals surface area contributed by atoms with Gasteiger partial charge in [0.15, 0.2) is 0 Å². The zero-order chi connectivity index (χ0) is 19.7. The summed E-state index contributed by atoms with van der Waals surface area (Å²) in [6.45, 7) is 5.12. The molecule has 2 unspecified atom stereocenters. The van der Waals surface area contributed by atoms with Gasteiger partial charge in [0, 0.05) is 6.61 Å². The summed E-state index contributed by atoms with van der Waals surface area (Å²) >= 11 is 5.30. The summed E-state index contributed by atoms with van der Waals surface area (Å²) in [5.74, 6) is -3.04. The van der Waals surface area contributed by atoms with Gasteiger partial charge in [-0.1, -0.05) is 13.8 Å². The number of hydrogen-bond acceptors (Lipinski definition) is 7. The summed E-state index contributed by atoms with van der Waals surface area (Å²) < 4.78 is 8.51. The molecule has 0 spiro atoms. The van der Waals surface area contributed by atoms with Gasteiger partial charge < -0.3 is 19.7 Å². The zero-order valence-electron chi connectivity index (χ0n) is 13.8. The van der Waals surface area contributed by atoms with Crippen LogP contribution in [0, 0.1) is 11.8 Å². The number of aliphatic carboxylic acids is 1. The van der Waals surface area contributed by atoms with Gasteiger partial charge in [0.05, 0.1) is 31.8 Å². The van der Waals surface area contributed by atoms with Crippen LogP contribution < -0.4 is 13.3 Å². The van der Waals surface area contributed by atoms with E-state index in [2.05, 4.69) is 46.7 Å². The first-order chi connectivity index (χ1) is 11.1. The first kappa shape index (κ1) is 29.0. The Hall–Kier alpha value is 0.230. The SMILES string of the molecule is CC1CC(=O)OC1=O.CCO.COC(=O)C(C)CC(=O)O.I[I-]I. The third-order valence-corrected chi connectivity index (χ3v) is 2.17. The van der Waals surface area contributed by atoms with E-state index in [0.717, 1.165) is 0 Å². The number of aliphatic hydroxyl groups excluding tert-OH is 1. The summed E-state index contributed by atoms with van der Waals surface area (Å²) in [4.78, 5) is 41.1. The topological polar surface area (TPSA) is 127 Å². The van der Waals surface area contributed by atoms with Crippen LogP contribution in [0.15, 0.2) is 0 Å². The summed E-state index contributed by atoms with van der Waals surface area (Å²) in [6, 6.07) is 0. The normalized spacial score (nSPS) is 16.2. The molecular weight excluding hydrogens is 665 g/mol. The van der Waals surface area contributed by atoms with E-state index in [9.17, 15) is 19.2 Å². The molecule has 0 saturated carbocycles. The number of carboxylic acid groups (broad SMARTS) is 1. The number of carbonyl (C=O) groups is 4. The second kappa shape index (κ2) is 19.6. The summed E-state index contributed by atoms with van der Waals surface area (Å²) in [6.07, 6.45) is 0.0749. The molecule has 1 aliphatic heterocycles. The van der Waals surface area contributed by atoms with Gasteiger partial charge in [-0.05, 0) is 6.92 Å². The molecule has 0 bridgehead atoms. The van der Waals surface area contributed by atoms with Crippen molar-refractivity contribution >= 4 is 61.1 Å². The molecule has 2 atom stereocenters. The van der Waals surface area contributed by atoms with Crippen molar-refractivity contribution in [2.75, 3.05) is 13.7 Å². The minimum absolute atomic E-state index is 0.174. The molecule has 0 aromatic heterocycles. The van der Waals surface area contributed by atoms with Crippen molar-refractivity contribution in [1.29, 1.82) is 0 Å². The summed E-state index contributed by atoms with van der Waals surface area (Å²) in [7, 11) is 1.24. The molecule has 0 aliphatic carbocycles. The van der Waals surface area contributed by atoms with Crippen LogP contribution in [-0.4, -0.2) is 47.8 Å². The molecule has 1 saturated heterocycles. The van der Waals surface area contributed by atoms with E-state index in [1.165, 1.54) is 14.0 Å². The number of methoxy groups -OCH3 is 1. The Morgan fingerprint density at radius 2 is 1.83 bits per heavy atom. The zero-order valence-corrected chi connectivity index (χ0v) is 20.2. The van der Waals surface area contributed by atoms with E-state index in [-0.39, 0.29) is 25.4 Å². The number of hydrogen-bond donors (Lipinski definition) is 2. The molecule has 1 heterocycles. The number of ether oxygens (including phenoxy) is 2. The number of carboxylic acids is 1. The van der Waals surface area contributed by atoms with E-state index >= 15 is 0 Å². The Labute approximate surface area is 171 Å². The number of aliphatic hydroxyl groups is 1. The van der Waals surface area contributed by atoms with Crippen molar-refractivity contribution in [3.05, 3.63) is 0 Å². The maximum absolute atomic E-state index is 10.6. The third-order valence-electron chi connectivity index (χ3n) is 2.17. The van der Waals surface area contributed by atoms with E-state index in [0.29, 0.717) is 13.3 Å². The Bertz CT molecular complexity index is 387. The Morgan fingerprint density at radius 1 is 1.42 bits per heavy atom. The molecule has 8 nitrogen and oxygen atoms in total. The predicted molar refractivity (Wildman–Crippen MR) is 99.1 cm³/mol. The van der Waals surface area contributed by atoms with E-state index in [1.807, 2.05) is 0 Å². The van der Waals surface area contributed by atoms with Crippen LogP contribution in [0.25, 0.3) is 0 Å². The predicted octanol–water partition coefficient (Wildman–Crippen LogP) is -0.860. The molecule has 0 amide bonds. The standard InChI is InChI=1S/C6H10O4.C5H6O3.C2H6O.I3/c1-4(3-5(7)8)6(9)10-2;1-3-2-4(6)8-5(3)7;1-2-3;1-3-2/h4H,3H2,1-2H3,(H,7,8);3H,2H2,1H3;3H,2H2,1H3;/q;;;-1. The second-order valence-electron chi connectivity index (χ2n) is 4.29. The number of rotatable bonds is 3. The molecule has 24 heavy (non-hydrogen) atoms. The number of esters is 3. The number of halogens is 3. The Balaban J connectivity index is -0.000000280.